The molecule has 0 atom stereocenters. The summed E-state index contributed by atoms with van der Waals surface area (Å²) in [6, 6.07) is 25.6. The van der Waals surface area contributed by atoms with Gasteiger partial charge in [-0.25, -0.2) is 0 Å². The lowest BCUT2D eigenvalue weighted by molar-refractivity contribution is 0.415. The molecule has 22 heavy (non-hydrogen) atoms. The van der Waals surface area contributed by atoms with Crippen molar-refractivity contribution in [1.29, 1.82) is 0 Å². The average Bonchev–Trinajstić information content (AvgIpc) is 2.58. The molecule has 0 N–H and O–H groups in total. The van der Waals surface area contributed by atoms with Crippen LogP contribution >= 0.6 is 0 Å². The van der Waals surface area contributed by atoms with Crippen molar-refractivity contribution in [1.82, 2.24) is 0 Å². The molecule has 0 heterocycles. The van der Waals surface area contributed by atoms with Crippen LogP contribution in [0.25, 0.3) is 11.1 Å². The van der Waals surface area contributed by atoms with Crippen molar-refractivity contribution in [2.45, 2.75) is 13.3 Å². The van der Waals surface area contributed by atoms with Gasteiger partial charge in [0.05, 0.1) is 7.11 Å². The normalized spacial score (nSPS) is 10.5. The van der Waals surface area contributed by atoms with Crippen molar-refractivity contribution in [3.63, 3.8) is 0 Å². The van der Waals surface area contributed by atoms with Gasteiger partial charge >= 0.3 is 0 Å². The van der Waals surface area contributed by atoms with Gasteiger partial charge in [-0.15, -0.1) is 0 Å². The highest BCUT2D eigenvalue weighted by Crippen LogP contribution is 2.27. The smallest absolute Gasteiger partial charge is 0.118 e. The molecule has 1 heteroatoms. The van der Waals surface area contributed by atoms with Crippen molar-refractivity contribution in [3.8, 4) is 16.9 Å². The maximum Gasteiger partial charge on any atom is 0.118 e. The lowest BCUT2D eigenvalue weighted by Crippen LogP contribution is -1.92. The third kappa shape index (κ3) is 3.20. The highest BCUT2D eigenvalue weighted by molar-refractivity contribution is 5.68. The number of hydrogen-bond acceptors (Lipinski definition) is 1. The monoisotopic (exact) mass is 288 g/mol. The van der Waals surface area contributed by atoms with E-state index in [1.165, 1.54) is 27.8 Å². The Kier molecular flexibility index (Phi) is 4.24. The van der Waals surface area contributed by atoms with Crippen LogP contribution in [-0.4, -0.2) is 7.11 Å². The molecule has 0 bridgehead atoms. The Morgan fingerprint density at radius 2 is 1.45 bits per heavy atom. The molecule has 0 spiro atoms. The molecule has 0 aliphatic heterocycles. The summed E-state index contributed by atoms with van der Waals surface area (Å²) < 4.78 is 5.24. The van der Waals surface area contributed by atoms with Gasteiger partial charge in [0, 0.05) is 0 Å². The third-order valence-corrected chi connectivity index (χ3v) is 3.93. The zero-order valence-corrected chi connectivity index (χ0v) is 13.0. The first-order valence-electron chi connectivity index (χ1n) is 7.54. The Balaban J connectivity index is 1.93. The molecule has 0 radical (unpaired) electrons. The summed E-state index contributed by atoms with van der Waals surface area (Å²) in [7, 11) is 1.69. The Labute approximate surface area is 132 Å². The van der Waals surface area contributed by atoms with E-state index in [-0.39, 0.29) is 0 Å². The molecular formula is C21H20O. The quantitative estimate of drug-likeness (QED) is 0.636. The topological polar surface area (TPSA) is 9.23 Å². The second-order valence-electron chi connectivity index (χ2n) is 5.55. The first-order valence-corrected chi connectivity index (χ1v) is 7.54. The van der Waals surface area contributed by atoms with Gasteiger partial charge in [0.2, 0.25) is 0 Å². The van der Waals surface area contributed by atoms with Gasteiger partial charge in [-0.1, -0.05) is 66.2 Å². The Morgan fingerprint density at radius 1 is 0.773 bits per heavy atom. The van der Waals surface area contributed by atoms with Crippen LogP contribution in [0.15, 0.2) is 72.8 Å². The van der Waals surface area contributed by atoms with Crippen molar-refractivity contribution in [3.05, 3.63) is 89.5 Å². The van der Waals surface area contributed by atoms with Gasteiger partial charge in [-0.2, -0.15) is 0 Å². The third-order valence-electron chi connectivity index (χ3n) is 3.93. The molecule has 0 unspecified atom stereocenters. The van der Waals surface area contributed by atoms with Crippen LogP contribution in [0.3, 0.4) is 0 Å². The van der Waals surface area contributed by atoms with E-state index in [1.807, 2.05) is 12.1 Å². The SMILES string of the molecule is COc1ccc(-c2ccccc2Cc2ccc(C)cc2)cc1. The number of ether oxygens (including phenoxy) is 1. The van der Waals surface area contributed by atoms with Crippen LogP contribution in [0.1, 0.15) is 16.7 Å². The summed E-state index contributed by atoms with van der Waals surface area (Å²) in [4.78, 5) is 0. The summed E-state index contributed by atoms with van der Waals surface area (Å²) in [5.74, 6) is 0.889. The van der Waals surface area contributed by atoms with Crippen molar-refractivity contribution >= 4 is 0 Å². The van der Waals surface area contributed by atoms with Crippen LogP contribution in [0, 0.1) is 6.92 Å². The lowest BCUT2D eigenvalue weighted by Gasteiger charge is -2.11. The first kappa shape index (κ1) is 14.4. The number of aryl methyl sites for hydroxylation is 1. The van der Waals surface area contributed by atoms with Crippen molar-refractivity contribution in [2.24, 2.45) is 0 Å². The minimum atomic E-state index is 0.889. The number of methoxy groups -OCH3 is 1. The van der Waals surface area contributed by atoms with E-state index in [4.69, 9.17) is 4.74 Å². The van der Waals surface area contributed by atoms with Gasteiger partial charge in [0.1, 0.15) is 5.75 Å². The average molecular weight is 288 g/mol. The molecule has 1 nitrogen and oxygen atoms in total. The highest BCUT2D eigenvalue weighted by Gasteiger charge is 2.06. The fourth-order valence-corrected chi connectivity index (χ4v) is 2.65. The molecule has 3 rings (SSSR count). The minimum Gasteiger partial charge on any atom is -0.497 e. The summed E-state index contributed by atoms with van der Waals surface area (Å²) in [5, 5.41) is 0. The molecule has 110 valence electrons. The van der Waals surface area contributed by atoms with E-state index in [9.17, 15) is 0 Å². The standard InChI is InChI=1S/C21H20O/c1-16-7-9-17(10-8-16)15-19-5-3-4-6-21(19)18-11-13-20(22-2)14-12-18/h3-14H,15H2,1-2H3. The largest absolute Gasteiger partial charge is 0.497 e. The van der Waals surface area contributed by atoms with E-state index in [2.05, 4.69) is 67.6 Å². The molecule has 0 aliphatic carbocycles. The molecule has 0 amide bonds. The number of rotatable bonds is 4. The fraction of sp³-hybridized carbons (Fsp3) is 0.143. The van der Waals surface area contributed by atoms with E-state index in [0.717, 1.165) is 12.2 Å². The van der Waals surface area contributed by atoms with Gasteiger partial charge in [-0.3, -0.25) is 0 Å². The summed E-state index contributed by atoms with van der Waals surface area (Å²) in [6.45, 7) is 2.12. The summed E-state index contributed by atoms with van der Waals surface area (Å²) in [6.07, 6.45) is 0.947. The second kappa shape index (κ2) is 6.48. The molecule has 0 fully saturated rings. The second-order valence-corrected chi connectivity index (χ2v) is 5.55. The minimum absolute atomic E-state index is 0.889. The Morgan fingerprint density at radius 3 is 2.14 bits per heavy atom. The van der Waals surface area contributed by atoms with Crippen LogP contribution in [-0.2, 0) is 6.42 Å². The molecular weight excluding hydrogens is 268 g/mol. The summed E-state index contributed by atoms with van der Waals surface area (Å²) in [5.41, 5.74) is 6.49. The van der Waals surface area contributed by atoms with Gasteiger partial charge in [0.25, 0.3) is 0 Å². The lowest BCUT2D eigenvalue weighted by atomic mass is 9.95. The molecule has 0 saturated carbocycles. The Hall–Kier alpha value is -2.54. The fourth-order valence-electron chi connectivity index (χ4n) is 2.65. The molecule has 3 aromatic carbocycles. The summed E-state index contributed by atoms with van der Waals surface area (Å²) >= 11 is 0. The van der Waals surface area contributed by atoms with E-state index >= 15 is 0 Å². The van der Waals surface area contributed by atoms with Crippen LogP contribution < -0.4 is 4.74 Å². The van der Waals surface area contributed by atoms with Gasteiger partial charge in [0.15, 0.2) is 0 Å². The van der Waals surface area contributed by atoms with E-state index < -0.39 is 0 Å². The Bertz CT molecular complexity index is 740. The molecule has 0 aliphatic rings. The molecule has 3 aromatic rings. The van der Waals surface area contributed by atoms with E-state index in [1.54, 1.807) is 7.11 Å². The van der Waals surface area contributed by atoms with Crippen LogP contribution in [0.5, 0.6) is 5.75 Å². The molecule has 0 saturated heterocycles. The maximum absolute atomic E-state index is 5.24. The highest BCUT2D eigenvalue weighted by atomic mass is 16.5. The van der Waals surface area contributed by atoms with Crippen LogP contribution in [0.4, 0.5) is 0 Å². The van der Waals surface area contributed by atoms with Crippen molar-refractivity contribution < 1.29 is 4.74 Å². The van der Waals surface area contributed by atoms with Crippen molar-refractivity contribution in [2.75, 3.05) is 7.11 Å². The van der Waals surface area contributed by atoms with Gasteiger partial charge in [-0.05, 0) is 47.7 Å². The zero-order chi connectivity index (χ0) is 15.4. The first-order chi connectivity index (χ1) is 10.8. The van der Waals surface area contributed by atoms with Crippen LogP contribution in [0.2, 0.25) is 0 Å². The van der Waals surface area contributed by atoms with E-state index in [0.29, 0.717) is 0 Å². The van der Waals surface area contributed by atoms with Gasteiger partial charge < -0.3 is 4.74 Å². The molecule has 0 aromatic heterocycles. The maximum atomic E-state index is 5.24. The predicted octanol–water partition coefficient (Wildman–Crippen LogP) is 5.26. The zero-order valence-electron chi connectivity index (χ0n) is 13.0. The number of benzene rings is 3. The number of hydrogen-bond donors (Lipinski definition) is 0. The predicted molar refractivity (Wildman–Crippen MR) is 92.4 cm³/mol.